The molecule has 0 bridgehead atoms. The zero-order chi connectivity index (χ0) is 9.68. The van der Waals surface area contributed by atoms with Gasteiger partial charge in [0.15, 0.2) is 0 Å². The van der Waals surface area contributed by atoms with Gasteiger partial charge in [-0.1, -0.05) is 0 Å². The van der Waals surface area contributed by atoms with Crippen molar-refractivity contribution < 1.29 is 4.79 Å². The van der Waals surface area contributed by atoms with Gasteiger partial charge in [0.05, 0.1) is 0 Å². The fourth-order valence-corrected chi connectivity index (χ4v) is 0.957. The third-order valence-corrected chi connectivity index (χ3v) is 1.78. The van der Waals surface area contributed by atoms with Gasteiger partial charge in [0, 0.05) is 25.4 Å². The Hall–Kier alpha value is -1.03. The number of nitrogens with one attached hydrogen (secondary N) is 2. The largest absolute Gasteiger partial charge is 0.354 e. The van der Waals surface area contributed by atoms with Gasteiger partial charge in [0.25, 0.3) is 0 Å². The number of hydrogen-bond acceptors (Lipinski definition) is 2. The van der Waals surface area contributed by atoms with Gasteiger partial charge >= 0.3 is 0 Å². The minimum Gasteiger partial charge on any atom is -0.354 e. The van der Waals surface area contributed by atoms with Gasteiger partial charge < -0.3 is 10.3 Å². The summed E-state index contributed by atoms with van der Waals surface area (Å²) in [4.78, 5) is 18.0. The first-order valence-electron chi connectivity index (χ1n) is 4.10. The summed E-state index contributed by atoms with van der Waals surface area (Å²) in [5.74, 6) is 0.718. The van der Waals surface area contributed by atoms with Crippen molar-refractivity contribution in [2.45, 2.75) is 18.7 Å². The molecule has 2 N–H and O–H groups in total. The van der Waals surface area contributed by atoms with Gasteiger partial charge in [0.1, 0.15) is 11.2 Å². The fraction of sp³-hybridized carbons (Fsp3) is 0.500. The zero-order valence-corrected chi connectivity index (χ0v) is 8.14. The Morgan fingerprint density at radius 3 is 3.15 bits per heavy atom. The molecule has 5 heteroatoms. The van der Waals surface area contributed by atoms with E-state index in [1.807, 2.05) is 0 Å². The van der Waals surface area contributed by atoms with Gasteiger partial charge in [-0.25, -0.2) is 4.98 Å². The Morgan fingerprint density at radius 1 is 1.85 bits per heavy atom. The number of alkyl halides is 1. The Kier molecular flexibility index (Phi) is 3.76. The quantitative estimate of drug-likeness (QED) is 0.705. The van der Waals surface area contributed by atoms with Gasteiger partial charge in [-0.3, -0.25) is 4.79 Å². The monoisotopic (exact) mass is 201 g/mol. The van der Waals surface area contributed by atoms with E-state index < -0.39 is 5.38 Å². The van der Waals surface area contributed by atoms with E-state index in [-0.39, 0.29) is 5.91 Å². The highest BCUT2D eigenvalue weighted by Crippen LogP contribution is 1.93. The number of hydrogen-bond donors (Lipinski definition) is 2. The molecule has 1 aromatic heterocycles. The van der Waals surface area contributed by atoms with Crippen LogP contribution in [0.3, 0.4) is 0 Å². The van der Waals surface area contributed by atoms with Crippen LogP contribution in [0.25, 0.3) is 0 Å². The Bertz CT molecular complexity index is 258. The van der Waals surface area contributed by atoms with Gasteiger partial charge in [-0.05, 0) is 6.92 Å². The summed E-state index contributed by atoms with van der Waals surface area (Å²) < 4.78 is 0. The lowest BCUT2D eigenvalue weighted by Gasteiger charge is -2.04. The van der Waals surface area contributed by atoms with Crippen LogP contribution in [0, 0.1) is 0 Å². The van der Waals surface area contributed by atoms with Crippen LogP contribution < -0.4 is 5.32 Å². The molecule has 0 aliphatic carbocycles. The summed E-state index contributed by atoms with van der Waals surface area (Å²) in [5, 5.41) is 2.21. The van der Waals surface area contributed by atoms with E-state index in [2.05, 4.69) is 15.3 Å². The second-order valence-electron chi connectivity index (χ2n) is 2.69. The Balaban J connectivity index is 2.18. The molecule has 1 heterocycles. The molecule has 0 saturated heterocycles. The maximum Gasteiger partial charge on any atom is 0.237 e. The molecule has 1 aromatic rings. The smallest absolute Gasteiger partial charge is 0.237 e. The third kappa shape index (κ3) is 3.46. The van der Waals surface area contributed by atoms with Crippen LogP contribution in [-0.2, 0) is 11.2 Å². The molecule has 72 valence electrons. The van der Waals surface area contributed by atoms with Crippen molar-refractivity contribution >= 4 is 17.5 Å². The molecular formula is C8H12ClN3O. The number of imidazole rings is 1. The van der Waals surface area contributed by atoms with E-state index in [1.165, 1.54) is 0 Å². The first-order valence-corrected chi connectivity index (χ1v) is 4.54. The normalized spacial score (nSPS) is 12.5. The van der Waals surface area contributed by atoms with Crippen LogP contribution in [0.4, 0.5) is 0 Å². The predicted molar refractivity (Wildman–Crippen MR) is 50.6 cm³/mol. The lowest BCUT2D eigenvalue weighted by molar-refractivity contribution is -0.120. The summed E-state index contributed by atoms with van der Waals surface area (Å²) in [6.45, 7) is 2.20. The van der Waals surface area contributed by atoms with E-state index >= 15 is 0 Å². The van der Waals surface area contributed by atoms with E-state index in [9.17, 15) is 4.79 Å². The topological polar surface area (TPSA) is 57.8 Å². The first kappa shape index (κ1) is 10.1. The van der Waals surface area contributed by atoms with Crippen molar-refractivity contribution in [1.29, 1.82) is 0 Å². The number of amides is 1. The summed E-state index contributed by atoms with van der Waals surface area (Å²) in [6, 6.07) is 0. The molecule has 0 radical (unpaired) electrons. The van der Waals surface area contributed by atoms with Crippen LogP contribution >= 0.6 is 11.6 Å². The molecule has 1 atom stereocenters. The highest BCUT2D eigenvalue weighted by Gasteiger charge is 2.07. The minimum atomic E-state index is -0.475. The lowest BCUT2D eigenvalue weighted by Crippen LogP contribution is -2.31. The van der Waals surface area contributed by atoms with E-state index in [4.69, 9.17) is 11.6 Å². The molecule has 0 saturated carbocycles. The van der Waals surface area contributed by atoms with E-state index in [1.54, 1.807) is 19.3 Å². The SMILES string of the molecule is CC(Cl)C(=O)NCCc1ncc[nH]1. The highest BCUT2D eigenvalue weighted by molar-refractivity contribution is 6.30. The van der Waals surface area contributed by atoms with Gasteiger partial charge in [-0.2, -0.15) is 0 Å². The summed E-state index contributed by atoms with van der Waals surface area (Å²) in [6.07, 6.45) is 4.13. The Labute approximate surface area is 81.7 Å². The summed E-state index contributed by atoms with van der Waals surface area (Å²) >= 11 is 5.55. The number of aromatic amines is 1. The minimum absolute atomic E-state index is 0.145. The molecule has 4 nitrogen and oxygen atoms in total. The van der Waals surface area contributed by atoms with Crippen LogP contribution in [0.15, 0.2) is 12.4 Å². The molecule has 0 fully saturated rings. The maximum absolute atomic E-state index is 11.0. The summed E-state index contributed by atoms with van der Waals surface area (Å²) in [7, 11) is 0. The van der Waals surface area contributed by atoms with Gasteiger partial charge in [-0.15, -0.1) is 11.6 Å². The molecule has 13 heavy (non-hydrogen) atoms. The van der Waals surface area contributed by atoms with E-state index in [0.717, 1.165) is 5.82 Å². The van der Waals surface area contributed by atoms with Crippen LogP contribution in [-0.4, -0.2) is 27.8 Å². The second-order valence-corrected chi connectivity index (χ2v) is 3.35. The van der Waals surface area contributed by atoms with Crippen LogP contribution in [0.5, 0.6) is 0 Å². The number of carbonyl (C=O) groups is 1. The van der Waals surface area contributed by atoms with Crippen molar-refractivity contribution in [3.63, 3.8) is 0 Å². The lowest BCUT2D eigenvalue weighted by atomic mass is 10.4. The van der Waals surface area contributed by atoms with Crippen molar-refractivity contribution in [1.82, 2.24) is 15.3 Å². The zero-order valence-electron chi connectivity index (χ0n) is 7.38. The number of H-pyrrole nitrogens is 1. The van der Waals surface area contributed by atoms with E-state index in [0.29, 0.717) is 13.0 Å². The molecule has 1 unspecified atom stereocenters. The third-order valence-electron chi connectivity index (χ3n) is 1.58. The molecule has 0 aromatic carbocycles. The first-order chi connectivity index (χ1) is 6.20. The number of carbonyl (C=O) groups excluding carboxylic acids is 1. The molecule has 0 aliphatic rings. The average Bonchev–Trinajstić information content (AvgIpc) is 2.56. The van der Waals surface area contributed by atoms with Crippen LogP contribution in [0.2, 0.25) is 0 Å². The van der Waals surface area contributed by atoms with Crippen molar-refractivity contribution in [2.24, 2.45) is 0 Å². The fourth-order valence-electron chi connectivity index (χ4n) is 0.879. The number of rotatable bonds is 4. The molecule has 1 rings (SSSR count). The van der Waals surface area contributed by atoms with Crippen molar-refractivity contribution in [2.75, 3.05) is 6.54 Å². The highest BCUT2D eigenvalue weighted by atomic mass is 35.5. The van der Waals surface area contributed by atoms with Gasteiger partial charge in [0.2, 0.25) is 5.91 Å². The molecular weight excluding hydrogens is 190 g/mol. The van der Waals surface area contributed by atoms with Crippen molar-refractivity contribution in [3.05, 3.63) is 18.2 Å². The second kappa shape index (κ2) is 4.87. The standard InChI is InChI=1S/C8H12ClN3O/c1-6(9)8(13)12-3-2-7-10-4-5-11-7/h4-6H,2-3H2,1H3,(H,10,11)(H,12,13). The number of halogens is 1. The van der Waals surface area contributed by atoms with Crippen LogP contribution in [0.1, 0.15) is 12.7 Å². The Morgan fingerprint density at radius 2 is 2.62 bits per heavy atom. The molecule has 1 amide bonds. The van der Waals surface area contributed by atoms with Crippen molar-refractivity contribution in [3.8, 4) is 0 Å². The molecule has 0 aliphatic heterocycles. The maximum atomic E-state index is 11.0. The average molecular weight is 202 g/mol. The summed E-state index contributed by atoms with van der Waals surface area (Å²) in [5.41, 5.74) is 0. The molecule has 0 spiro atoms. The predicted octanol–water partition coefficient (Wildman–Crippen LogP) is 0.696. The number of nitrogens with zero attached hydrogens (tertiary/aromatic N) is 1. The number of aromatic nitrogens is 2.